The van der Waals surface area contributed by atoms with Gasteiger partial charge in [0, 0.05) is 17.8 Å². The SMILES string of the molecule is C/C(=N/c1cccc2cccnc12)c1ccccn1. The first-order chi connectivity index (χ1) is 9.34. The Kier molecular flexibility index (Phi) is 3.02. The fourth-order valence-corrected chi connectivity index (χ4v) is 1.99. The molecule has 3 nitrogen and oxygen atoms in total. The zero-order valence-electron chi connectivity index (χ0n) is 10.6. The van der Waals surface area contributed by atoms with Crippen LogP contribution in [0.5, 0.6) is 0 Å². The summed E-state index contributed by atoms with van der Waals surface area (Å²) in [5, 5.41) is 1.09. The highest BCUT2D eigenvalue weighted by molar-refractivity contribution is 6.01. The van der Waals surface area contributed by atoms with Crippen LogP contribution >= 0.6 is 0 Å². The van der Waals surface area contributed by atoms with Crippen LogP contribution in [0.15, 0.2) is 65.9 Å². The van der Waals surface area contributed by atoms with Crippen LogP contribution < -0.4 is 0 Å². The van der Waals surface area contributed by atoms with E-state index in [1.54, 1.807) is 12.4 Å². The van der Waals surface area contributed by atoms with E-state index >= 15 is 0 Å². The van der Waals surface area contributed by atoms with Gasteiger partial charge in [-0.3, -0.25) is 9.97 Å². The largest absolute Gasteiger partial charge is 0.255 e. The Morgan fingerprint density at radius 2 is 1.74 bits per heavy atom. The molecule has 0 aliphatic carbocycles. The van der Waals surface area contributed by atoms with Crippen LogP contribution in [0.25, 0.3) is 10.9 Å². The van der Waals surface area contributed by atoms with Gasteiger partial charge in [0.2, 0.25) is 0 Å². The molecule has 0 radical (unpaired) electrons. The molecule has 92 valence electrons. The van der Waals surface area contributed by atoms with Gasteiger partial charge in [-0.1, -0.05) is 24.3 Å². The molecule has 0 aliphatic heterocycles. The van der Waals surface area contributed by atoms with E-state index in [1.807, 2.05) is 55.5 Å². The molecule has 3 rings (SSSR count). The number of benzene rings is 1. The quantitative estimate of drug-likeness (QED) is 0.646. The van der Waals surface area contributed by atoms with E-state index in [1.165, 1.54) is 0 Å². The highest BCUT2D eigenvalue weighted by Gasteiger charge is 2.02. The van der Waals surface area contributed by atoms with E-state index in [0.717, 1.165) is 28.0 Å². The summed E-state index contributed by atoms with van der Waals surface area (Å²) in [5.74, 6) is 0. The Morgan fingerprint density at radius 1 is 0.895 bits per heavy atom. The maximum Gasteiger partial charge on any atom is 0.0958 e. The highest BCUT2D eigenvalue weighted by Crippen LogP contribution is 2.24. The Hall–Kier alpha value is -2.55. The normalized spacial score (nSPS) is 11.7. The van der Waals surface area contributed by atoms with Crippen molar-refractivity contribution in [1.82, 2.24) is 9.97 Å². The van der Waals surface area contributed by atoms with Crippen molar-refractivity contribution in [3.8, 4) is 0 Å². The van der Waals surface area contributed by atoms with Crippen molar-refractivity contribution in [2.75, 3.05) is 0 Å². The second-order valence-corrected chi connectivity index (χ2v) is 4.26. The van der Waals surface area contributed by atoms with Gasteiger partial charge in [0.25, 0.3) is 0 Å². The van der Waals surface area contributed by atoms with Gasteiger partial charge in [-0.2, -0.15) is 0 Å². The molecule has 2 heterocycles. The van der Waals surface area contributed by atoms with Gasteiger partial charge in [-0.15, -0.1) is 0 Å². The van der Waals surface area contributed by atoms with Gasteiger partial charge < -0.3 is 0 Å². The molecule has 0 aliphatic rings. The minimum atomic E-state index is 0.876. The van der Waals surface area contributed by atoms with E-state index in [-0.39, 0.29) is 0 Å². The predicted octanol–water partition coefficient (Wildman–Crippen LogP) is 3.77. The first-order valence-electron chi connectivity index (χ1n) is 6.15. The molecule has 0 saturated heterocycles. The molecule has 0 saturated carbocycles. The lowest BCUT2D eigenvalue weighted by Gasteiger charge is -2.03. The van der Waals surface area contributed by atoms with Crippen molar-refractivity contribution in [3.05, 3.63) is 66.6 Å². The molecule has 0 bridgehead atoms. The number of aromatic nitrogens is 2. The number of rotatable bonds is 2. The Labute approximate surface area is 111 Å². The second kappa shape index (κ2) is 4.98. The molecule has 0 N–H and O–H groups in total. The number of fused-ring (bicyclic) bond motifs is 1. The Morgan fingerprint density at radius 3 is 2.58 bits per heavy atom. The lowest BCUT2D eigenvalue weighted by molar-refractivity contribution is 1.28. The average Bonchev–Trinajstić information content (AvgIpc) is 2.48. The first-order valence-corrected chi connectivity index (χ1v) is 6.15. The summed E-state index contributed by atoms with van der Waals surface area (Å²) in [7, 11) is 0. The minimum absolute atomic E-state index is 0.876. The van der Waals surface area contributed by atoms with Gasteiger partial charge in [0.05, 0.1) is 22.6 Å². The Bertz CT molecular complexity index is 728. The number of pyridine rings is 2. The van der Waals surface area contributed by atoms with Gasteiger partial charge in [-0.05, 0) is 31.2 Å². The summed E-state index contributed by atoms with van der Waals surface area (Å²) in [6, 6.07) is 15.8. The summed E-state index contributed by atoms with van der Waals surface area (Å²) in [6.07, 6.45) is 3.56. The first kappa shape index (κ1) is 11.5. The van der Waals surface area contributed by atoms with E-state index < -0.39 is 0 Å². The third-order valence-electron chi connectivity index (χ3n) is 2.94. The number of nitrogens with zero attached hydrogens (tertiary/aromatic N) is 3. The maximum atomic E-state index is 4.65. The predicted molar refractivity (Wildman–Crippen MR) is 77.9 cm³/mol. The monoisotopic (exact) mass is 247 g/mol. The summed E-state index contributed by atoms with van der Waals surface area (Å²) >= 11 is 0. The minimum Gasteiger partial charge on any atom is -0.255 e. The summed E-state index contributed by atoms with van der Waals surface area (Å²) < 4.78 is 0. The van der Waals surface area contributed by atoms with E-state index in [9.17, 15) is 0 Å². The fourth-order valence-electron chi connectivity index (χ4n) is 1.99. The molecule has 2 aromatic heterocycles. The fraction of sp³-hybridized carbons (Fsp3) is 0.0625. The Balaban J connectivity index is 2.11. The summed E-state index contributed by atoms with van der Waals surface area (Å²) in [4.78, 5) is 13.4. The van der Waals surface area contributed by atoms with Crippen LogP contribution in [-0.4, -0.2) is 15.7 Å². The molecule has 0 spiro atoms. The summed E-state index contributed by atoms with van der Waals surface area (Å²) in [5.41, 5.74) is 3.57. The van der Waals surface area contributed by atoms with Crippen LogP contribution in [0.2, 0.25) is 0 Å². The molecule has 3 aromatic rings. The van der Waals surface area contributed by atoms with Crippen LogP contribution in [0.1, 0.15) is 12.6 Å². The molecule has 0 unspecified atom stereocenters. The second-order valence-electron chi connectivity index (χ2n) is 4.26. The van der Waals surface area contributed by atoms with Gasteiger partial charge in [0.15, 0.2) is 0 Å². The van der Waals surface area contributed by atoms with Crippen molar-refractivity contribution < 1.29 is 0 Å². The lowest BCUT2D eigenvalue weighted by atomic mass is 10.2. The third kappa shape index (κ3) is 2.36. The molecular weight excluding hydrogens is 234 g/mol. The van der Waals surface area contributed by atoms with Gasteiger partial charge in [0.1, 0.15) is 0 Å². The standard InChI is InChI=1S/C16H13N3/c1-12(14-8-2-3-10-17-14)19-15-9-4-6-13-7-5-11-18-16(13)15/h2-11H,1H3/b19-12-. The van der Waals surface area contributed by atoms with E-state index in [2.05, 4.69) is 15.0 Å². The lowest BCUT2D eigenvalue weighted by Crippen LogP contribution is -1.96. The van der Waals surface area contributed by atoms with E-state index in [4.69, 9.17) is 0 Å². The molecule has 0 fully saturated rings. The van der Waals surface area contributed by atoms with Crippen LogP contribution in [0.4, 0.5) is 5.69 Å². The summed E-state index contributed by atoms with van der Waals surface area (Å²) in [6.45, 7) is 1.96. The number of hydrogen-bond acceptors (Lipinski definition) is 3. The molecule has 0 amide bonds. The van der Waals surface area contributed by atoms with Crippen LogP contribution in [-0.2, 0) is 0 Å². The number of aliphatic imine (C=N–C) groups is 1. The zero-order chi connectivity index (χ0) is 13.1. The molecule has 1 aromatic carbocycles. The van der Waals surface area contributed by atoms with Crippen molar-refractivity contribution in [1.29, 1.82) is 0 Å². The number of para-hydroxylation sites is 1. The molecular formula is C16H13N3. The van der Waals surface area contributed by atoms with Crippen LogP contribution in [0.3, 0.4) is 0 Å². The van der Waals surface area contributed by atoms with Gasteiger partial charge in [-0.25, -0.2) is 4.99 Å². The van der Waals surface area contributed by atoms with Crippen molar-refractivity contribution in [3.63, 3.8) is 0 Å². The maximum absolute atomic E-state index is 4.65. The van der Waals surface area contributed by atoms with Crippen LogP contribution in [0, 0.1) is 0 Å². The third-order valence-corrected chi connectivity index (χ3v) is 2.94. The molecule has 3 heteroatoms. The molecule has 0 atom stereocenters. The number of hydrogen-bond donors (Lipinski definition) is 0. The highest BCUT2D eigenvalue weighted by atomic mass is 14.8. The zero-order valence-corrected chi connectivity index (χ0v) is 10.6. The van der Waals surface area contributed by atoms with Gasteiger partial charge >= 0.3 is 0 Å². The van der Waals surface area contributed by atoms with E-state index in [0.29, 0.717) is 0 Å². The van der Waals surface area contributed by atoms with Crippen molar-refractivity contribution in [2.24, 2.45) is 4.99 Å². The average molecular weight is 247 g/mol. The smallest absolute Gasteiger partial charge is 0.0958 e. The molecule has 19 heavy (non-hydrogen) atoms. The van der Waals surface area contributed by atoms with Crippen molar-refractivity contribution in [2.45, 2.75) is 6.92 Å². The van der Waals surface area contributed by atoms with Crippen molar-refractivity contribution >= 4 is 22.3 Å². The topological polar surface area (TPSA) is 38.1 Å².